The standard InChI is InChI=1S/C20H22ClNO5S/c1-26-18-8-7-16(21)10-19(18)28(24,25)13-14-9-15(12-22-11-14)20(23)27-17-5-3-2-4-6-17/h7-12,17H,2-6,13H2,1H3. The van der Waals surface area contributed by atoms with E-state index in [1.807, 2.05) is 0 Å². The van der Waals surface area contributed by atoms with Gasteiger partial charge in [0.05, 0.1) is 18.4 Å². The number of ether oxygens (including phenoxy) is 2. The lowest BCUT2D eigenvalue weighted by Gasteiger charge is -2.21. The van der Waals surface area contributed by atoms with E-state index in [9.17, 15) is 13.2 Å². The van der Waals surface area contributed by atoms with Gasteiger partial charge < -0.3 is 9.47 Å². The fraction of sp³-hybridized carbons (Fsp3) is 0.400. The molecule has 0 unspecified atom stereocenters. The van der Waals surface area contributed by atoms with E-state index in [0.717, 1.165) is 32.1 Å². The molecule has 3 rings (SSSR count). The SMILES string of the molecule is COc1ccc(Cl)cc1S(=O)(=O)Cc1cncc(C(=O)OC2CCCCC2)c1. The highest BCUT2D eigenvalue weighted by Crippen LogP contribution is 2.29. The van der Waals surface area contributed by atoms with Crippen LogP contribution in [-0.2, 0) is 20.3 Å². The van der Waals surface area contributed by atoms with Crippen molar-refractivity contribution in [2.45, 2.75) is 48.9 Å². The summed E-state index contributed by atoms with van der Waals surface area (Å²) in [5, 5.41) is 0.294. The molecule has 2 aromatic rings. The third-order valence-electron chi connectivity index (χ3n) is 4.67. The zero-order valence-electron chi connectivity index (χ0n) is 15.6. The lowest BCUT2D eigenvalue weighted by Crippen LogP contribution is -2.21. The van der Waals surface area contributed by atoms with Gasteiger partial charge in [0.15, 0.2) is 9.84 Å². The molecule has 1 heterocycles. The first kappa shape index (κ1) is 20.6. The van der Waals surface area contributed by atoms with E-state index in [0.29, 0.717) is 10.6 Å². The third kappa shape index (κ3) is 5.02. The summed E-state index contributed by atoms with van der Waals surface area (Å²) in [6, 6.07) is 5.92. The summed E-state index contributed by atoms with van der Waals surface area (Å²) in [5.41, 5.74) is 0.636. The minimum absolute atomic E-state index is 0.00214. The summed E-state index contributed by atoms with van der Waals surface area (Å²) in [6.45, 7) is 0. The van der Waals surface area contributed by atoms with Gasteiger partial charge in [0.25, 0.3) is 0 Å². The average molecular weight is 424 g/mol. The Hall–Kier alpha value is -2.12. The number of carbonyl (C=O) groups is 1. The van der Waals surface area contributed by atoms with Crippen molar-refractivity contribution < 1.29 is 22.7 Å². The number of halogens is 1. The van der Waals surface area contributed by atoms with Gasteiger partial charge in [-0.25, -0.2) is 13.2 Å². The molecule has 0 atom stereocenters. The number of aromatic nitrogens is 1. The molecular formula is C20H22ClNO5S. The first-order chi connectivity index (χ1) is 13.4. The van der Waals surface area contributed by atoms with E-state index in [1.165, 1.54) is 37.7 Å². The number of esters is 1. The monoisotopic (exact) mass is 423 g/mol. The minimum Gasteiger partial charge on any atom is -0.495 e. The molecule has 150 valence electrons. The Bertz CT molecular complexity index is 955. The Balaban J connectivity index is 1.78. The van der Waals surface area contributed by atoms with Crippen molar-refractivity contribution in [2.75, 3.05) is 7.11 Å². The Morgan fingerprint density at radius 2 is 1.93 bits per heavy atom. The smallest absolute Gasteiger partial charge is 0.339 e. The molecule has 1 aromatic heterocycles. The lowest BCUT2D eigenvalue weighted by molar-refractivity contribution is 0.0210. The van der Waals surface area contributed by atoms with Crippen molar-refractivity contribution in [3.8, 4) is 5.75 Å². The van der Waals surface area contributed by atoms with Gasteiger partial charge in [-0.05, 0) is 55.5 Å². The van der Waals surface area contributed by atoms with Crippen LogP contribution in [-0.4, -0.2) is 32.6 Å². The quantitative estimate of drug-likeness (QED) is 0.647. The van der Waals surface area contributed by atoms with E-state index in [-0.39, 0.29) is 28.1 Å². The fourth-order valence-corrected chi connectivity index (χ4v) is 5.02. The molecule has 1 aromatic carbocycles. The van der Waals surface area contributed by atoms with Crippen molar-refractivity contribution in [3.05, 3.63) is 52.8 Å². The first-order valence-electron chi connectivity index (χ1n) is 9.10. The molecule has 0 radical (unpaired) electrons. The van der Waals surface area contributed by atoms with Crippen molar-refractivity contribution in [3.63, 3.8) is 0 Å². The van der Waals surface area contributed by atoms with E-state index < -0.39 is 15.8 Å². The summed E-state index contributed by atoms with van der Waals surface area (Å²) in [4.78, 5) is 16.4. The molecule has 8 heteroatoms. The number of rotatable bonds is 6. The van der Waals surface area contributed by atoms with E-state index in [1.54, 1.807) is 6.07 Å². The van der Waals surface area contributed by atoms with E-state index >= 15 is 0 Å². The largest absolute Gasteiger partial charge is 0.495 e. The van der Waals surface area contributed by atoms with Gasteiger partial charge in [0.1, 0.15) is 16.7 Å². The number of nitrogens with zero attached hydrogens (tertiary/aromatic N) is 1. The number of hydrogen-bond acceptors (Lipinski definition) is 6. The van der Waals surface area contributed by atoms with Gasteiger partial charge in [-0.15, -0.1) is 0 Å². The number of carbonyl (C=O) groups excluding carboxylic acids is 1. The summed E-state index contributed by atoms with van der Waals surface area (Å²) in [6.07, 6.45) is 7.72. The van der Waals surface area contributed by atoms with Crippen LogP contribution in [0.15, 0.2) is 41.6 Å². The molecule has 0 aliphatic heterocycles. The van der Waals surface area contributed by atoms with Crippen LogP contribution in [0.2, 0.25) is 5.02 Å². The first-order valence-corrected chi connectivity index (χ1v) is 11.1. The molecule has 0 bridgehead atoms. The van der Waals surface area contributed by atoms with Crippen molar-refractivity contribution >= 4 is 27.4 Å². The van der Waals surface area contributed by atoms with Crippen LogP contribution in [0.25, 0.3) is 0 Å². The minimum atomic E-state index is -3.75. The zero-order valence-corrected chi connectivity index (χ0v) is 17.1. The molecule has 0 N–H and O–H groups in total. The highest BCUT2D eigenvalue weighted by Gasteiger charge is 2.23. The van der Waals surface area contributed by atoms with Gasteiger partial charge in [0, 0.05) is 17.4 Å². The van der Waals surface area contributed by atoms with Crippen molar-refractivity contribution in [1.82, 2.24) is 4.98 Å². The molecule has 0 spiro atoms. The van der Waals surface area contributed by atoms with Crippen LogP contribution in [0, 0.1) is 0 Å². The number of benzene rings is 1. The Morgan fingerprint density at radius 3 is 2.64 bits per heavy atom. The maximum absolute atomic E-state index is 12.8. The molecule has 0 amide bonds. The van der Waals surface area contributed by atoms with Gasteiger partial charge >= 0.3 is 5.97 Å². The normalized spacial score (nSPS) is 15.2. The molecule has 6 nitrogen and oxygen atoms in total. The Labute approximate surface area is 169 Å². The number of hydrogen-bond donors (Lipinski definition) is 0. The summed E-state index contributed by atoms with van der Waals surface area (Å²) < 4.78 is 36.4. The fourth-order valence-electron chi connectivity index (χ4n) is 3.27. The molecular weight excluding hydrogens is 402 g/mol. The second-order valence-electron chi connectivity index (χ2n) is 6.80. The second kappa shape index (κ2) is 8.92. The van der Waals surface area contributed by atoms with Crippen LogP contribution in [0.4, 0.5) is 0 Å². The Kier molecular flexibility index (Phi) is 6.57. The molecule has 28 heavy (non-hydrogen) atoms. The second-order valence-corrected chi connectivity index (χ2v) is 9.20. The topological polar surface area (TPSA) is 82.6 Å². The highest BCUT2D eigenvalue weighted by atomic mass is 35.5. The number of sulfone groups is 1. The molecule has 1 fully saturated rings. The van der Waals surface area contributed by atoms with E-state index in [2.05, 4.69) is 4.98 Å². The highest BCUT2D eigenvalue weighted by molar-refractivity contribution is 7.90. The van der Waals surface area contributed by atoms with Gasteiger partial charge in [0.2, 0.25) is 0 Å². The van der Waals surface area contributed by atoms with Crippen LogP contribution >= 0.6 is 11.6 Å². The maximum atomic E-state index is 12.8. The van der Waals surface area contributed by atoms with Crippen LogP contribution in [0.1, 0.15) is 48.0 Å². The van der Waals surface area contributed by atoms with Gasteiger partial charge in [-0.3, -0.25) is 4.98 Å². The van der Waals surface area contributed by atoms with Crippen LogP contribution in [0.5, 0.6) is 5.75 Å². The van der Waals surface area contributed by atoms with Gasteiger partial charge in [-0.1, -0.05) is 18.0 Å². The third-order valence-corrected chi connectivity index (χ3v) is 6.61. The van der Waals surface area contributed by atoms with Crippen molar-refractivity contribution in [2.24, 2.45) is 0 Å². The summed E-state index contributed by atoms with van der Waals surface area (Å²) in [5.74, 6) is -0.592. The van der Waals surface area contributed by atoms with Crippen LogP contribution < -0.4 is 4.74 Å². The molecule has 1 aliphatic carbocycles. The van der Waals surface area contributed by atoms with Gasteiger partial charge in [-0.2, -0.15) is 0 Å². The molecule has 1 aliphatic rings. The molecule has 0 saturated heterocycles. The lowest BCUT2D eigenvalue weighted by atomic mass is 9.98. The van der Waals surface area contributed by atoms with E-state index in [4.69, 9.17) is 21.1 Å². The van der Waals surface area contributed by atoms with Crippen molar-refractivity contribution in [1.29, 1.82) is 0 Å². The molecule has 1 saturated carbocycles. The predicted molar refractivity (Wildman–Crippen MR) is 105 cm³/mol. The predicted octanol–water partition coefficient (Wildman–Crippen LogP) is 4.21. The van der Waals surface area contributed by atoms with Crippen LogP contribution in [0.3, 0.4) is 0 Å². The number of methoxy groups -OCH3 is 1. The summed E-state index contributed by atoms with van der Waals surface area (Å²) in [7, 11) is -2.36. The maximum Gasteiger partial charge on any atom is 0.339 e. The average Bonchev–Trinajstić information content (AvgIpc) is 2.68. The number of pyridine rings is 1. The summed E-state index contributed by atoms with van der Waals surface area (Å²) >= 11 is 5.95. The Morgan fingerprint density at radius 1 is 1.18 bits per heavy atom. The zero-order chi connectivity index (χ0) is 20.1.